The molecule has 0 amide bonds. The van der Waals surface area contributed by atoms with E-state index < -0.39 is 10.9 Å². The third-order valence-electron chi connectivity index (χ3n) is 2.10. The summed E-state index contributed by atoms with van der Waals surface area (Å²) in [6.07, 6.45) is 2.11. The minimum Gasteiger partial charge on any atom is -0.493 e. The minimum absolute atomic E-state index is 0.00465. The lowest BCUT2D eigenvalue weighted by Gasteiger charge is -2.08. The van der Waals surface area contributed by atoms with Crippen LogP contribution in [0, 0.1) is 10.1 Å². The van der Waals surface area contributed by atoms with Gasteiger partial charge in [-0.1, -0.05) is 0 Å². The number of carboxylic acid groups (broad SMARTS) is 1. The van der Waals surface area contributed by atoms with E-state index >= 15 is 0 Å². The van der Waals surface area contributed by atoms with Gasteiger partial charge in [-0.2, -0.15) is 0 Å². The van der Waals surface area contributed by atoms with E-state index in [0.29, 0.717) is 5.56 Å². The molecule has 0 bridgehead atoms. The van der Waals surface area contributed by atoms with Crippen LogP contribution >= 0.6 is 0 Å². The summed E-state index contributed by atoms with van der Waals surface area (Å²) < 4.78 is 9.87. The van der Waals surface area contributed by atoms with Crippen molar-refractivity contribution in [2.24, 2.45) is 0 Å². The van der Waals surface area contributed by atoms with Gasteiger partial charge in [-0.15, -0.1) is 0 Å². The highest BCUT2D eigenvalue weighted by molar-refractivity contribution is 5.85. The largest absolute Gasteiger partial charge is 0.493 e. The third kappa shape index (κ3) is 2.97. The molecule has 7 heteroatoms. The summed E-state index contributed by atoms with van der Waals surface area (Å²) in [5.74, 6) is -0.987. The number of nitro groups is 1. The fourth-order valence-corrected chi connectivity index (χ4v) is 1.36. The molecule has 1 aromatic carbocycles. The van der Waals surface area contributed by atoms with Crippen LogP contribution in [0.15, 0.2) is 18.2 Å². The van der Waals surface area contributed by atoms with Crippen molar-refractivity contribution in [3.8, 4) is 11.5 Å². The van der Waals surface area contributed by atoms with Crippen molar-refractivity contribution in [1.82, 2.24) is 0 Å². The average molecular weight is 253 g/mol. The first-order valence-electron chi connectivity index (χ1n) is 4.81. The normalized spacial score (nSPS) is 10.3. The van der Waals surface area contributed by atoms with Crippen LogP contribution in [0.25, 0.3) is 6.08 Å². The van der Waals surface area contributed by atoms with Crippen LogP contribution in [0.4, 0.5) is 5.69 Å². The molecule has 0 atom stereocenters. The van der Waals surface area contributed by atoms with Crippen molar-refractivity contribution in [1.29, 1.82) is 0 Å². The second-order valence-electron chi connectivity index (χ2n) is 3.20. The van der Waals surface area contributed by atoms with Gasteiger partial charge < -0.3 is 14.6 Å². The Hall–Kier alpha value is -2.57. The quantitative estimate of drug-likeness (QED) is 0.487. The monoisotopic (exact) mass is 253 g/mol. The van der Waals surface area contributed by atoms with E-state index in [9.17, 15) is 14.9 Å². The van der Waals surface area contributed by atoms with E-state index in [0.717, 1.165) is 6.08 Å². The highest BCUT2D eigenvalue weighted by atomic mass is 16.6. The van der Waals surface area contributed by atoms with Crippen molar-refractivity contribution in [3.05, 3.63) is 33.9 Å². The Balaban J connectivity index is 3.36. The first-order valence-corrected chi connectivity index (χ1v) is 4.81. The number of nitro benzene ring substituents is 1. The number of ether oxygens (including phenoxy) is 2. The Bertz CT molecular complexity index is 509. The van der Waals surface area contributed by atoms with Crippen LogP contribution in [0.1, 0.15) is 5.56 Å². The number of hydrogen-bond acceptors (Lipinski definition) is 5. The maximum atomic E-state index is 10.9. The molecule has 0 aromatic heterocycles. The first kappa shape index (κ1) is 13.5. The number of benzene rings is 1. The summed E-state index contributed by atoms with van der Waals surface area (Å²) in [5.41, 5.74) is 0.0450. The summed E-state index contributed by atoms with van der Waals surface area (Å²) in [6.45, 7) is 0. The Morgan fingerprint density at radius 3 is 2.50 bits per heavy atom. The van der Waals surface area contributed by atoms with E-state index in [1.165, 1.54) is 32.4 Å². The van der Waals surface area contributed by atoms with Gasteiger partial charge in [-0.05, 0) is 17.7 Å². The highest BCUT2D eigenvalue weighted by Gasteiger charge is 2.20. The molecule has 96 valence electrons. The summed E-state index contributed by atoms with van der Waals surface area (Å²) in [5, 5.41) is 19.4. The molecule has 1 aromatic rings. The van der Waals surface area contributed by atoms with Crippen LogP contribution in [-0.4, -0.2) is 30.2 Å². The predicted molar refractivity (Wildman–Crippen MR) is 62.9 cm³/mol. The Kier molecular flexibility index (Phi) is 4.25. The molecule has 0 radical (unpaired) electrons. The van der Waals surface area contributed by atoms with Crippen LogP contribution < -0.4 is 9.47 Å². The summed E-state index contributed by atoms with van der Waals surface area (Å²) in [6, 6.07) is 2.66. The van der Waals surface area contributed by atoms with Crippen LogP contribution in [0.3, 0.4) is 0 Å². The molecule has 0 saturated carbocycles. The van der Waals surface area contributed by atoms with Gasteiger partial charge in [0.25, 0.3) is 0 Å². The molecule has 0 aliphatic heterocycles. The second kappa shape index (κ2) is 5.67. The molecule has 0 heterocycles. The number of carboxylic acids is 1. The Morgan fingerprint density at radius 2 is 2.06 bits per heavy atom. The SMILES string of the molecule is COc1cc(C=CC(=O)O)cc([N+](=O)[O-])c1OC. The zero-order valence-corrected chi connectivity index (χ0v) is 9.75. The molecule has 0 aliphatic rings. The van der Waals surface area contributed by atoms with E-state index in [1.54, 1.807) is 0 Å². The van der Waals surface area contributed by atoms with E-state index in [-0.39, 0.29) is 17.2 Å². The molecule has 0 unspecified atom stereocenters. The number of methoxy groups -OCH3 is 2. The number of aliphatic carboxylic acids is 1. The lowest BCUT2D eigenvalue weighted by molar-refractivity contribution is -0.385. The summed E-state index contributed by atoms with van der Waals surface area (Å²) >= 11 is 0. The molecule has 18 heavy (non-hydrogen) atoms. The zero-order chi connectivity index (χ0) is 13.7. The standard InChI is InChI=1S/C11H11NO6/c1-17-9-6-7(3-4-10(13)14)5-8(12(15)16)11(9)18-2/h3-6H,1-2H3,(H,13,14). The van der Waals surface area contributed by atoms with E-state index in [2.05, 4.69) is 0 Å². The topological polar surface area (TPSA) is 98.9 Å². The van der Waals surface area contributed by atoms with Gasteiger partial charge in [0.05, 0.1) is 19.1 Å². The lowest BCUT2D eigenvalue weighted by Crippen LogP contribution is -1.98. The third-order valence-corrected chi connectivity index (χ3v) is 2.10. The number of carbonyl (C=O) groups is 1. The Labute approximate surface area is 102 Å². The van der Waals surface area contributed by atoms with Gasteiger partial charge in [0.1, 0.15) is 0 Å². The molecule has 0 fully saturated rings. The molecule has 0 aliphatic carbocycles. The average Bonchev–Trinajstić information content (AvgIpc) is 2.34. The molecule has 1 N–H and O–H groups in total. The highest BCUT2D eigenvalue weighted by Crippen LogP contribution is 2.38. The van der Waals surface area contributed by atoms with Crippen molar-refractivity contribution < 1.29 is 24.3 Å². The van der Waals surface area contributed by atoms with Gasteiger partial charge in [0.15, 0.2) is 5.75 Å². The van der Waals surface area contributed by atoms with Crippen LogP contribution in [0.5, 0.6) is 11.5 Å². The van der Waals surface area contributed by atoms with Gasteiger partial charge >= 0.3 is 11.7 Å². The van der Waals surface area contributed by atoms with Crippen molar-refractivity contribution in [2.75, 3.05) is 14.2 Å². The van der Waals surface area contributed by atoms with Gasteiger partial charge in [0.2, 0.25) is 5.75 Å². The molecule has 1 rings (SSSR count). The summed E-state index contributed by atoms with van der Waals surface area (Å²) in [7, 11) is 2.63. The molecule has 7 nitrogen and oxygen atoms in total. The van der Waals surface area contributed by atoms with Gasteiger partial charge in [-0.25, -0.2) is 4.79 Å². The Morgan fingerprint density at radius 1 is 1.39 bits per heavy atom. The molecule has 0 saturated heterocycles. The molecular formula is C11H11NO6. The first-order chi connectivity index (χ1) is 8.49. The van der Waals surface area contributed by atoms with Crippen molar-refractivity contribution in [2.45, 2.75) is 0 Å². The van der Waals surface area contributed by atoms with Gasteiger partial charge in [-0.3, -0.25) is 10.1 Å². The van der Waals surface area contributed by atoms with Crippen LogP contribution in [-0.2, 0) is 4.79 Å². The number of hydrogen-bond donors (Lipinski definition) is 1. The van der Waals surface area contributed by atoms with Crippen LogP contribution in [0.2, 0.25) is 0 Å². The smallest absolute Gasteiger partial charge is 0.328 e. The van der Waals surface area contributed by atoms with Crippen molar-refractivity contribution >= 4 is 17.7 Å². The van der Waals surface area contributed by atoms with Gasteiger partial charge in [0, 0.05) is 12.1 Å². The zero-order valence-electron chi connectivity index (χ0n) is 9.75. The van der Waals surface area contributed by atoms with E-state index in [1.807, 2.05) is 0 Å². The number of nitrogens with zero attached hydrogens (tertiary/aromatic N) is 1. The lowest BCUT2D eigenvalue weighted by atomic mass is 10.1. The number of rotatable bonds is 5. The maximum Gasteiger partial charge on any atom is 0.328 e. The fraction of sp³-hybridized carbons (Fsp3) is 0.182. The summed E-state index contributed by atoms with van der Waals surface area (Å²) in [4.78, 5) is 20.6. The second-order valence-corrected chi connectivity index (χ2v) is 3.20. The molecular weight excluding hydrogens is 242 g/mol. The molecule has 0 spiro atoms. The predicted octanol–water partition coefficient (Wildman–Crippen LogP) is 1.71. The van der Waals surface area contributed by atoms with E-state index in [4.69, 9.17) is 14.6 Å². The van der Waals surface area contributed by atoms with Crippen molar-refractivity contribution in [3.63, 3.8) is 0 Å². The maximum absolute atomic E-state index is 10.9. The minimum atomic E-state index is -1.15. The fourth-order valence-electron chi connectivity index (χ4n) is 1.36.